The van der Waals surface area contributed by atoms with Crippen molar-refractivity contribution in [2.75, 3.05) is 11.9 Å². The van der Waals surface area contributed by atoms with Gasteiger partial charge < -0.3 is 10.1 Å². The van der Waals surface area contributed by atoms with Crippen molar-refractivity contribution < 1.29 is 13.9 Å². The number of anilines is 1. The van der Waals surface area contributed by atoms with Crippen LogP contribution in [-0.2, 0) is 4.79 Å². The number of rotatable bonds is 5. The minimum Gasteiger partial charge on any atom is -0.484 e. The summed E-state index contributed by atoms with van der Waals surface area (Å²) in [6.07, 6.45) is 0. The minimum atomic E-state index is -0.390. The lowest BCUT2D eigenvalue weighted by molar-refractivity contribution is -0.118. The standard InChI is InChI=1S/C17H18FNO2/c1-12(2)13-5-3-8-16(9-13)21-11-17(20)19-15-7-4-6-14(18)10-15/h3-10,12H,11H2,1-2H3,(H,19,20). The summed E-state index contributed by atoms with van der Waals surface area (Å²) in [5.41, 5.74) is 1.57. The van der Waals surface area contributed by atoms with E-state index in [1.807, 2.05) is 18.2 Å². The molecule has 21 heavy (non-hydrogen) atoms. The van der Waals surface area contributed by atoms with Crippen LogP contribution < -0.4 is 10.1 Å². The van der Waals surface area contributed by atoms with Crippen LogP contribution in [-0.4, -0.2) is 12.5 Å². The van der Waals surface area contributed by atoms with Gasteiger partial charge in [0.2, 0.25) is 0 Å². The molecule has 110 valence electrons. The van der Waals surface area contributed by atoms with Crippen molar-refractivity contribution in [3.05, 3.63) is 59.9 Å². The van der Waals surface area contributed by atoms with Gasteiger partial charge in [0.15, 0.2) is 6.61 Å². The third-order valence-corrected chi connectivity index (χ3v) is 3.00. The lowest BCUT2D eigenvalue weighted by Gasteiger charge is -2.10. The SMILES string of the molecule is CC(C)c1cccc(OCC(=O)Nc2cccc(F)c2)c1. The van der Waals surface area contributed by atoms with Crippen LogP contribution in [0.2, 0.25) is 0 Å². The Kier molecular flexibility index (Phi) is 4.93. The first-order valence-electron chi connectivity index (χ1n) is 6.83. The summed E-state index contributed by atoms with van der Waals surface area (Å²) in [5, 5.41) is 2.59. The Hall–Kier alpha value is -2.36. The topological polar surface area (TPSA) is 38.3 Å². The smallest absolute Gasteiger partial charge is 0.262 e. The van der Waals surface area contributed by atoms with Gasteiger partial charge in [0.1, 0.15) is 11.6 Å². The summed E-state index contributed by atoms with van der Waals surface area (Å²) < 4.78 is 18.5. The third-order valence-electron chi connectivity index (χ3n) is 3.00. The number of hydrogen-bond donors (Lipinski definition) is 1. The predicted molar refractivity (Wildman–Crippen MR) is 81.1 cm³/mol. The predicted octanol–water partition coefficient (Wildman–Crippen LogP) is 3.97. The minimum absolute atomic E-state index is 0.113. The van der Waals surface area contributed by atoms with E-state index in [-0.39, 0.29) is 12.5 Å². The Morgan fingerprint density at radius 2 is 1.95 bits per heavy atom. The van der Waals surface area contributed by atoms with E-state index in [0.717, 1.165) is 5.56 Å². The number of carbonyl (C=O) groups is 1. The Morgan fingerprint density at radius 3 is 2.67 bits per heavy atom. The van der Waals surface area contributed by atoms with Gasteiger partial charge in [-0.05, 0) is 41.8 Å². The largest absolute Gasteiger partial charge is 0.484 e. The normalized spacial score (nSPS) is 10.5. The summed E-state index contributed by atoms with van der Waals surface area (Å²) >= 11 is 0. The quantitative estimate of drug-likeness (QED) is 0.903. The fourth-order valence-corrected chi connectivity index (χ4v) is 1.88. The zero-order chi connectivity index (χ0) is 15.2. The first-order chi connectivity index (χ1) is 10.0. The molecule has 4 heteroatoms. The van der Waals surface area contributed by atoms with E-state index in [4.69, 9.17) is 4.74 Å². The summed E-state index contributed by atoms with van der Waals surface area (Å²) in [5.74, 6) is 0.333. The van der Waals surface area contributed by atoms with Gasteiger partial charge in [-0.2, -0.15) is 0 Å². The van der Waals surface area contributed by atoms with E-state index in [0.29, 0.717) is 17.4 Å². The average Bonchev–Trinajstić information content (AvgIpc) is 2.45. The van der Waals surface area contributed by atoms with Gasteiger partial charge in [-0.1, -0.05) is 32.0 Å². The Balaban J connectivity index is 1.90. The van der Waals surface area contributed by atoms with E-state index in [1.165, 1.54) is 18.2 Å². The number of ether oxygens (including phenoxy) is 1. The number of amides is 1. The number of carbonyl (C=O) groups excluding carboxylic acids is 1. The van der Waals surface area contributed by atoms with Crippen molar-refractivity contribution in [3.8, 4) is 5.75 Å². The van der Waals surface area contributed by atoms with E-state index < -0.39 is 5.82 Å². The van der Waals surface area contributed by atoms with Crippen molar-refractivity contribution in [3.63, 3.8) is 0 Å². The molecular weight excluding hydrogens is 269 g/mol. The van der Waals surface area contributed by atoms with Crippen molar-refractivity contribution >= 4 is 11.6 Å². The zero-order valence-corrected chi connectivity index (χ0v) is 12.1. The zero-order valence-electron chi connectivity index (χ0n) is 12.1. The Morgan fingerprint density at radius 1 is 1.19 bits per heavy atom. The monoisotopic (exact) mass is 287 g/mol. The summed E-state index contributed by atoms with van der Waals surface area (Å²) in [7, 11) is 0. The first-order valence-corrected chi connectivity index (χ1v) is 6.83. The molecule has 0 atom stereocenters. The molecule has 0 heterocycles. The highest BCUT2D eigenvalue weighted by Crippen LogP contribution is 2.20. The molecule has 3 nitrogen and oxygen atoms in total. The van der Waals surface area contributed by atoms with Crippen LogP contribution in [0.3, 0.4) is 0 Å². The maximum Gasteiger partial charge on any atom is 0.262 e. The van der Waals surface area contributed by atoms with Gasteiger partial charge in [-0.3, -0.25) is 4.79 Å². The highest BCUT2D eigenvalue weighted by atomic mass is 19.1. The van der Waals surface area contributed by atoms with Gasteiger partial charge in [-0.25, -0.2) is 4.39 Å². The van der Waals surface area contributed by atoms with Crippen LogP contribution in [0, 0.1) is 5.82 Å². The third kappa shape index (κ3) is 4.60. The molecule has 2 aromatic rings. The fourth-order valence-electron chi connectivity index (χ4n) is 1.88. The molecule has 0 spiro atoms. The maximum atomic E-state index is 13.0. The van der Waals surface area contributed by atoms with E-state index in [9.17, 15) is 9.18 Å². The molecule has 0 saturated heterocycles. The van der Waals surface area contributed by atoms with Crippen molar-refractivity contribution in [2.24, 2.45) is 0 Å². The van der Waals surface area contributed by atoms with Gasteiger partial charge in [0.25, 0.3) is 5.91 Å². The fraction of sp³-hybridized carbons (Fsp3) is 0.235. The highest BCUT2D eigenvalue weighted by molar-refractivity contribution is 5.91. The van der Waals surface area contributed by atoms with Crippen molar-refractivity contribution in [2.45, 2.75) is 19.8 Å². The van der Waals surface area contributed by atoms with E-state index in [1.54, 1.807) is 12.1 Å². The summed E-state index contributed by atoms with van der Waals surface area (Å²) in [6.45, 7) is 4.07. The van der Waals surface area contributed by atoms with Crippen LogP contribution >= 0.6 is 0 Å². The lowest BCUT2D eigenvalue weighted by Crippen LogP contribution is -2.20. The second-order valence-corrected chi connectivity index (χ2v) is 5.07. The van der Waals surface area contributed by atoms with E-state index in [2.05, 4.69) is 19.2 Å². The molecule has 0 bridgehead atoms. The van der Waals surface area contributed by atoms with Crippen LogP contribution in [0.25, 0.3) is 0 Å². The van der Waals surface area contributed by atoms with E-state index >= 15 is 0 Å². The molecule has 0 aromatic heterocycles. The number of nitrogens with one attached hydrogen (secondary N) is 1. The second-order valence-electron chi connectivity index (χ2n) is 5.07. The van der Waals surface area contributed by atoms with Gasteiger partial charge in [0.05, 0.1) is 0 Å². The van der Waals surface area contributed by atoms with Gasteiger partial charge in [0, 0.05) is 5.69 Å². The lowest BCUT2D eigenvalue weighted by atomic mass is 10.0. The molecular formula is C17H18FNO2. The molecule has 0 aliphatic carbocycles. The number of benzene rings is 2. The molecule has 0 unspecified atom stereocenters. The van der Waals surface area contributed by atoms with Crippen LogP contribution in [0.15, 0.2) is 48.5 Å². The molecule has 0 fully saturated rings. The van der Waals surface area contributed by atoms with Crippen LogP contribution in [0.4, 0.5) is 10.1 Å². The van der Waals surface area contributed by atoms with Crippen molar-refractivity contribution in [1.82, 2.24) is 0 Å². The first kappa shape index (κ1) is 15.0. The highest BCUT2D eigenvalue weighted by Gasteiger charge is 2.06. The summed E-state index contributed by atoms with van der Waals surface area (Å²) in [4.78, 5) is 11.8. The van der Waals surface area contributed by atoms with Crippen molar-refractivity contribution in [1.29, 1.82) is 0 Å². The molecule has 1 amide bonds. The molecule has 2 rings (SSSR count). The second kappa shape index (κ2) is 6.88. The molecule has 2 aromatic carbocycles. The summed E-state index contributed by atoms with van der Waals surface area (Å²) in [6, 6.07) is 13.4. The number of hydrogen-bond acceptors (Lipinski definition) is 2. The van der Waals surface area contributed by atoms with Gasteiger partial charge >= 0.3 is 0 Å². The molecule has 0 aliphatic heterocycles. The Bertz CT molecular complexity index is 626. The van der Waals surface area contributed by atoms with Gasteiger partial charge in [-0.15, -0.1) is 0 Å². The van der Waals surface area contributed by atoms with Crippen LogP contribution in [0.5, 0.6) is 5.75 Å². The molecule has 0 radical (unpaired) electrons. The Labute approximate surface area is 123 Å². The molecule has 0 saturated carbocycles. The average molecular weight is 287 g/mol. The molecule has 0 aliphatic rings. The molecule has 1 N–H and O–H groups in total. The van der Waals surface area contributed by atoms with Crippen LogP contribution in [0.1, 0.15) is 25.3 Å². The maximum absolute atomic E-state index is 13.0. The number of halogens is 1.